The quantitative estimate of drug-likeness (QED) is 0.940. The lowest BCUT2D eigenvalue weighted by Gasteiger charge is -2.34. The fraction of sp³-hybridized carbons (Fsp3) is 0.375. The van der Waals surface area contributed by atoms with Crippen molar-refractivity contribution in [3.8, 4) is 5.75 Å². The summed E-state index contributed by atoms with van der Waals surface area (Å²) in [5.41, 5.74) is 0. The highest BCUT2D eigenvalue weighted by atomic mass is 16.5. The summed E-state index contributed by atoms with van der Waals surface area (Å²) in [6, 6.07) is 7.22. The second-order valence-electron chi connectivity index (χ2n) is 5.26. The lowest BCUT2D eigenvalue weighted by molar-refractivity contribution is -0.139. The lowest BCUT2D eigenvalue weighted by atomic mass is 10.0. The molecule has 0 radical (unpaired) electrons. The molecule has 5 nitrogen and oxygen atoms in total. The van der Waals surface area contributed by atoms with Crippen LogP contribution in [0.3, 0.4) is 0 Å². The minimum absolute atomic E-state index is 0.497. The third-order valence-corrected chi connectivity index (χ3v) is 4.01. The number of piperidine rings is 1. The van der Waals surface area contributed by atoms with E-state index < -0.39 is 12.0 Å². The molecule has 0 aliphatic carbocycles. The van der Waals surface area contributed by atoms with E-state index in [-0.39, 0.29) is 0 Å². The van der Waals surface area contributed by atoms with Crippen LogP contribution in [0.4, 0.5) is 5.82 Å². The zero-order valence-electron chi connectivity index (χ0n) is 12.0. The summed E-state index contributed by atoms with van der Waals surface area (Å²) in [5.74, 6) is 0.704. The minimum Gasteiger partial charge on any atom is -0.497 e. The van der Waals surface area contributed by atoms with Crippen molar-refractivity contribution in [1.82, 2.24) is 4.98 Å². The van der Waals surface area contributed by atoms with Gasteiger partial charge in [0.1, 0.15) is 17.6 Å². The topological polar surface area (TPSA) is 62.7 Å². The number of hydrogen-bond donors (Lipinski definition) is 1. The molecule has 1 aliphatic rings. The number of benzene rings is 1. The zero-order valence-corrected chi connectivity index (χ0v) is 12.0. The monoisotopic (exact) mass is 286 g/mol. The summed E-state index contributed by atoms with van der Waals surface area (Å²) in [4.78, 5) is 17.9. The molecule has 2 heterocycles. The Morgan fingerprint density at radius 2 is 2.24 bits per heavy atom. The SMILES string of the molecule is COc1ccc2ccnc(N3CCCCC3C(=O)O)c2c1. The van der Waals surface area contributed by atoms with E-state index >= 15 is 0 Å². The Hall–Kier alpha value is -2.30. The smallest absolute Gasteiger partial charge is 0.326 e. The highest BCUT2D eigenvalue weighted by molar-refractivity contribution is 5.94. The molecule has 5 heteroatoms. The predicted octanol–water partition coefficient (Wildman–Crippen LogP) is 2.69. The molecule has 1 saturated heterocycles. The van der Waals surface area contributed by atoms with Crippen molar-refractivity contribution < 1.29 is 14.6 Å². The molecular weight excluding hydrogens is 268 g/mol. The lowest BCUT2D eigenvalue weighted by Crippen LogP contribution is -2.45. The van der Waals surface area contributed by atoms with Crippen LogP contribution < -0.4 is 9.64 Å². The third kappa shape index (κ3) is 2.51. The average molecular weight is 286 g/mol. The van der Waals surface area contributed by atoms with Crippen molar-refractivity contribution in [1.29, 1.82) is 0 Å². The fourth-order valence-electron chi connectivity index (χ4n) is 2.93. The van der Waals surface area contributed by atoms with E-state index in [2.05, 4.69) is 4.98 Å². The van der Waals surface area contributed by atoms with Crippen LogP contribution in [0.15, 0.2) is 30.5 Å². The van der Waals surface area contributed by atoms with Gasteiger partial charge in [-0.1, -0.05) is 6.07 Å². The van der Waals surface area contributed by atoms with Crippen LogP contribution in [0.2, 0.25) is 0 Å². The van der Waals surface area contributed by atoms with Gasteiger partial charge in [-0.15, -0.1) is 0 Å². The first-order valence-electron chi connectivity index (χ1n) is 7.13. The number of aliphatic carboxylic acids is 1. The Morgan fingerprint density at radius 1 is 1.38 bits per heavy atom. The number of anilines is 1. The molecular formula is C16H18N2O3. The van der Waals surface area contributed by atoms with Crippen LogP contribution in [0.5, 0.6) is 5.75 Å². The number of carboxylic acid groups (broad SMARTS) is 1. The highest BCUT2D eigenvalue weighted by Gasteiger charge is 2.30. The third-order valence-electron chi connectivity index (χ3n) is 4.01. The molecule has 1 fully saturated rings. The average Bonchev–Trinajstić information content (AvgIpc) is 2.53. The number of pyridine rings is 1. The van der Waals surface area contributed by atoms with E-state index in [1.807, 2.05) is 29.2 Å². The van der Waals surface area contributed by atoms with Gasteiger partial charge in [0.2, 0.25) is 0 Å². The number of ether oxygens (including phenoxy) is 1. The second-order valence-corrected chi connectivity index (χ2v) is 5.26. The summed E-state index contributed by atoms with van der Waals surface area (Å²) in [7, 11) is 1.62. The fourth-order valence-corrected chi connectivity index (χ4v) is 2.93. The van der Waals surface area contributed by atoms with Crippen LogP contribution in [0.1, 0.15) is 19.3 Å². The molecule has 1 unspecified atom stereocenters. The predicted molar refractivity (Wildman–Crippen MR) is 80.9 cm³/mol. The van der Waals surface area contributed by atoms with Gasteiger partial charge >= 0.3 is 5.97 Å². The van der Waals surface area contributed by atoms with Gasteiger partial charge in [-0.3, -0.25) is 0 Å². The van der Waals surface area contributed by atoms with Crippen molar-refractivity contribution in [2.45, 2.75) is 25.3 Å². The summed E-state index contributed by atoms with van der Waals surface area (Å²) in [5, 5.41) is 11.4. The Balaban J connectivity index is 2.11. The van der Waals surface area contributed by atoms with E-state index in [1.54, 1.807) is 13.3 Å². The molecule has 1 atom stereocenters. The first kappa shape index (κ1) is 13.7. The van der Waals surface area contributed by atoms with Gasteiger partial charge < -0.3 is 14.7 Å². The number of methoxy groups -OCH3 is 1. The van der Waals surface area contributed by atoms with Crippen LogP contribution in [0, 0.1) is 0 Å². The molecule has 21 heavy (non-hydrogen) atoms. The van der Waals surface area contributed by atoms with Gasteiger partial charge in [0.25, 0.3) is 0 Å². The number of carboxylic acids is 1. The van der Waals surface area contributed by atoms with Crippen LogP contribution in [-0.4, -0.2) is 35.8 Å². The van der Waals surface area contributed by atoms with Gasteiger partial charge in [0.05, 0.1) is 7.11 Å². The molecule has 0 amide bonds. The normalized spacial score (nSPS) is 18.7. The van der Waals surface area contributed by atoms with Gasteiger partial charge in [-0.25, -0.2) is 9.78 Å². The maximum Gasteiger partial charge on any atom is 0.326 e. The number of carbonyl (C=O) groups is 1. The summed E-state index contributed by atoms with van der Waals surface area (Å²) in [6.07, 6.45) is 4.34. The van der Waals surface area contributed by atoms with E-state index in [1.165, 1.54) is 0 Å². The summed E-state index contributed by atoms with van der Waals surface area (Å²) in [6.45, 7) is 0.723. The van der Waals surface area contributed by atoms with E-state index in [9.17, 15) is 9.90 Å². The standard InChI is InChI=1S/C16H18N2O3/c1-21-12-6-5-11-7-8-17-15(13(11)10-12)18-9-3-2-4-14(18)16(19)20/h5-8,10,14H,2-4,9H2,1H3,(H,19,20). The van der Waals surface area contributed by atoms with Crippen molar-refractivity contribution in [2.75, 3.05) is 18.6 Å². The van der Waals surface area contributed by atoms with Crippen molar-refractivity contribution in [3.05, 3.63) is 30.5 Å². The molecule has 1 aromatic carbocycles. The number of rotatable bonds is 3. The van der Waals surface area contributed by atoms with Crippen LogP contribution in [0.25, 0.3) is 10.8 Å². The van der Waals surface area contributed by atoms with E-state index in [4.69, 9.17) is 4.74 Å². The zero-order chi connectivity index (χ0) is 14.8. The molecule has 3 rings (SSSR count). The molecule has 1 aliphatic heterocycles. The van der Waals surface area contributed by atoms with E-state index in [0.717, 1.165) is 41.7 Å². The number of hydrogen-bond acceptors (Lipinski definition) is 4. The first-order valence-corrected chi connectivity index (χ1v) is 7.13. The molecule has 110 valence electrons. The maximum atomic E-state index is 11.5. The highest BCUT2D eigenvalue weighted by Crippen LogP contribution is 2.31. The van der Waals surface area contributed by atoms with E-state index in [0.29, 0.717) is 6.42 Å². The van der Waals surface area contributed by atoms with Crippen molar-refractivity contribution >= 4 is 22.6 Å². The van der Waals surface area contributed by atoms with Crippen molar-refractivity contribution in [3.63, 3.8) is 0 Å². The molecule has 0 saturated carbocycles. The largest absolute Gasteiger partial charge is 0.497 e. The van der Waals surface area contributed by atoms with Gasteiger partial charge in [-0.2, -0.15) is 0 Å². The first-order chi connectivity index (χ1) is 10.2. The van der Waals surface area contributed by atoms with Gasteiger partial charge in [0.15, 0.2) is 0 Å². The molecule has 2 aromatic rings. The number of fused-ring (bicyclic) bond motifs is 1. The molecule has 0 bridgehead atoms. The summed E-state index contributed by atoms with van der Waals surface area (Å²) >= 11 is 0. The number of aromatic nitrogens is 1. The summed E-state index contributed by atoms with van der Waals surface area (Å²) < 4.78 is 5.28. The molecule has 0 spiro atoms. The molecule has 1 N–H and O–H groups in total. The minimum atomic E-state index is -0.781. The van der Waals surface area contributed by atoms with Crippen LogP contribution >= 0.6 is 0 Å². The Labute approximate surface area is 123 Å². The number of nitrogens with zero attached hydrogens (tertiary/aromatic N) is 2. The maximum absolute atomic E-state index is 11.5. The van der Waals surface area contributed by atoms with Crippen LogP contribution in [-0.2, 0) is 4.79 Å². The molecule has 1 aromatic heterocycles. The van der Waals surface area contributed by atoms with Crippen molar-refractivity contribution in [2.24, 2.45) is 0 Å². The van der Waals surface area contributed by atoms with Gasteiger partial charge in [-0.05, 0) is 42.8 Å². The van der Waals surface area contributed by atoms with Gasteiger partial charge in [0, 0.05) is 18.1 Å². The Kier molecular flexibility index (Phi) is 3.64. The Bertz CT molecular complexity index is 672. The Morgan fingerprint density at radius 3 is 3.00 bits per heavy atom. The second kappa shape index (κ2) is 5.60.